The summed E-state index contributed by atoms with van der Waals surface area (Å²) in [5, 5.41) is 41.0. The molecule has 7 heteroatoms. The maximum absolute atomic E-state index is 11.0. The molecule has 1 heterocycles. The van der Waals surface area contributed by atoms with Crippen LogP contribution in [-0.2, 0) is 9.53 Å². The molecule has 1 amide bonds. The van der Waals surface area contributed by atoms with Crippen LogP contribution in [0, 0.1) is 12.3 Å². The van der Waals surface area contributed by atoms with Crippen molar-refractivity contribution in [2.75, 3.05) is 6.61 Å². The summed E-state index contributed by atoms with van der Waals surface area (Å²) in [4.78, 5) is 11.0. The number of carbonyl (C=O) groups excluding carboxylic acids is 1. The summed E-state index contributed by atoms with van der Waals surface area (Å²) in [7, 11) is 0. The molecule has 1 aliphatic heterocycles. The summed E-state index contributed by atoms with van der Waals surface area (Å²) in [6, 6.07) is -1.27. The van der Waals surface area contributed by atoms with Crippen molar-refractivity contribution in [3.05, 3.63) is 0 Å². The van der Waals surface area contributed by atoms with E-state index in [1.165, 1.54) is 6.92 Å². The SMILES string of the molecule is C#CC[C@@]1(O)O[C@H](CO)[C@@H](O)[C@H](O)[C@H]1NC(C)=O. The topological polar surface area (TPSA) is 119 Å². The van der Waals surface area contributed by atoms with Crippen LogP contribution in [0.4, 0.5) is 0 Å². The number of hydrogen-bond donors (Lipinski definition) is 5. The molecule has 0 radical (unpaired) electrons. The molecule has 0 unspecified atom stereocenters. The predicted octanol–water partition coefficient (Wildman–Crippen LogP) is -2.68. The van der Waals surface area contributed by atoms with Crippen LogP contribution in [-0.4, -0.2) is 63.1 Å². The highest BCUT2D eigenvalue weighted by atomic mass is 16.6. The van der Waals surface area contributed by atoms with Gasteiger partial charge in [0.15, 0.2) is 5.79 Å². The normalized spacial score (nSPS) is 40.0. The van der Waals surface area contributed by atoms with Crippen molar-refractivity contribution in [2.45, 2.75) is 43.5 Å². The molecule has 1 aliphatic rings. The van der Waals surface area contributed by atoms with Gasteiger partial charge in [0.2, 0.25) is 5.91 Å². The third-order valence-corrected chi connectivity index (χ3v) is 2.81. The summed E-state index contributed by atoms with van der Waals surface area (Å²) in [5.41, 5.74) is 0. The molecule has 18 heavy (non-hydrogen) atoms. The van der Waals surface area contributed by atoms with Crippen molar-refractivity contribution in [3.8, 4) is 12.3 Å². The monoisotopic (exact) mass is 259 g/mol. The van der Waals surface area contributed by atoms with E-state index in [1.54, 1.807) is 0 Å². The number of nitrogens with one attached hydrogen (secondary N) is 1. The largest absolute Gasteiger partial charge is 0.394 e. The van der Waals surface area contributed by atoms with Crippen LogP contribution >= 0.6 is 0 Å². The van der Waals surface area contributed by atoms with Gasteiger partial charge in [-0.15, -0.1) is 12.3 Å². The number of rotatable bonds is 3. The molecular weight excluding hydrogens is 242 g/mol. The second-order valence-corrected chi connectivity index (χ2v) is 4.22. The fraction of sp³-hybridized carbons (Fsp3) is 0.727. The molecule has 102 valence electrons. The first-order chi connectivity index (χ1) is 8.35. The quantitative estimate of drug-likeness (QED) is 0.352. The van der Waals surface area contributed by atoms with Gasteiger partial charge < -0.3 is 30.5 Å². The van der Waals surface area contributed by atoms with E-state index in [9.17, 15) is 20.1 Å². The first-order valence-electron chi connectivity index (χ1n) is 5.43. The summed E-state index contributed by atoms with van der Waals surface area (Å²) in [6.45, 7) is 0.589. The van der Waals surface area contributed by atoms with Gasteiger partial charge in [-0.25, -0.2) is 0 Å². The lowest BCUT2D eigenvalue weighted by Gasteiger charge is -2.47. The minimum atomic E-state index is -2.04. The lowest BCUT2D eigenvalue weighted by Crippen LogP contribution is -2.70. The van der Waals surface area contributed by atoms with E-state index in [0.29, 0.717) is 0 Å². The van der Waals surface area contributed by atoms with Crippen LogP contribution in [0.1, 0.15) is 13.3 Å². The molecule has 0 saturated carbocycles. The Bertz CT molecular complexity index is 354. The van der Waals surface area contributed by atoms with Crippen LogP contribution in [0.15, 0.2) is 0 Å². The molecule has 1 saturated heterocycles. The van der Waals surface area contributed by atoms with E-state index in [2.05, 4.69) is 11.2 Å². The minimum absolute atomic E-state index is 0.307. The zero-order valence-electron chi connectivity index (χ0n) is 9.91. The molecule has 0 aliphatic carbocycles. The van der Waals surface area contributed by atoms with Gasteiger partial charge in [-0.05, 0) is 0 Å². The molecule has 1 rings (SSSR count). The minimum Gasteiger partial charge on any atom is -0.394 e. The Labute approximate surface area is 104 Å². The van der Waals surface area contributed by atoms with E-state index < -0.39 is 42.7 Å². The average Bonchev–Trinajstić information content (AvgIpc) is 2.30. The third kappa shape index (κ3) is 2.80. The third-order valence-electron chi connectivity index (χ3n) is 2.81. The van der Waals surface area contributed by atoms with Gasteiger partial charge >= 0.3 is 0 Å². The number of amides is 1. The van der Waals surface area contributed by atoms with Crippen LogP contribution in [0.3, 0.4) is 0 Å². The molecule has 7 nitrogen and oxygen atoms in total. The zero-order chi connectivity index (χ0) is 13.9. The van der Waals surface area contributed by atoms with Crippen molar-refractivity contribution >= 4 is 5.91 Å². The summed E-state index contributed by atoms with van der Waals surface area (Å²) < 4.78 is 5.10. The van der Waals surface area contributed by atoms with Gasteiger partial charge in [-0.2, -0.15) is 0 Å². The maximum atomic E-state index is 11.0. The lowest BCUT2D eigenvalue weighted by molar-refractivity contribution is -0.315. The Morgan fingerprint density at radius 1 is 1.50 bits per heavy atom. The number of ether oxygens (including phenoxy) is 1. The Morgan fingerprint density at radius 2 is 2.11 bits per heavy atom. The number of carbonyl (C=O) groups is 1. The van der Waals surface area contributed by atoms with Gasteiger partial charge in [-0.3, -0.25) is 4.79 Å². The predicted molar refractivity (Wildman–Crippen MR) is 60.0 cm³/mol. The van der Waals surface area contributed by atoms with Crippen LogP contribution < -0.4 is 5.32 Å². The molecular formula is C11H17NO6. The second kappa shape index (κ2) is 5.65. The van der Waals surface area contributed by atoms with Gasteiger partial charge in [-0.1, -0.05) is 0 Å². The van der Waals surface area contributed by atoms with Gasteiger partial charge in [0, 0.05) is 6.92 Å². The molecule has 0 aromatic heterocycles. The smallest absolute Gasteiger partial charge is 0.217 e. The Kier molecular flexibility index (Phi) is 4.67. The van der Waals surface area contributed by atoms with Crippen LogP contribution in [0.25, 0.3) is 0 Å². The van der Waals surface area contributed by atoms with Crippen molar-refractivity contribution in [1.82, 2.24) is 5.32 Å². The molecule has 1 fully saturated rings. The van der Waals surface area contributed by atoms with E-state index in [0.717, 1.165) is 0 Å². The van der Waals surface area contributed by atoms with Gasteiger partial charge in [0.1, 0.15) is 24.4 Å². The average molecular weight is 259 g/mol. The fourth-order valence-corrected chi connectivity index (χ4v) is 1.95. The summed E-state index contributed by atoms with van der Waals surface area (Å²) in [6.07, 6.45) is 0.669. The van der Waals surface area contributed by atoms with Gasteiger partial charge in [0.05, 0.1) is 13.0 Å². The summed E-state index contributed by atoms with van der Waals surface area (Å²) in [5.74, 6) is -0.395. The Balaban J connectivity index is 3.02. The van der Waals surface area contributed by atoms with Crippen molar-refractivity contribution in [1.29, 1.82) is 0 Å². The summed E-state index contributed by atoms with van der Waals surface area (Å²) >= 11 is 0. The second-order valence-electron chi connectivity index (χ2n) is 4.22. The van der Waals surface area contributed by atoms with Crippen molar-refractivity contribution in [2.24, 2.45) is 0 Å². The Hall–Kier alpha value is -1.17. The zero-order valence-corrected chi connectivity index (χ0v) is 9.91. The number of aliphatic hydroxyl groups is 4. The number of aliphatic hydroxyl groups excluding tert-OH is 3. The molecule has 0 bridgehead atoms. The highest BCUT2D eigenvalue weighted by Gasteiger charge is 2.53. The Morgan fingerprint density at radius 3 is 2.56 bits per heavy atom. The van der Waals surface area contributed by atoms with Gasteiger partial charge in [0.25, 0.3) is 0 Å². The fourth-order valence-electron chi connectivity index (χ4n) is 1.95. The number of terminal acetylenes is 1. The molecule has 0 aromatic carbocycles. The lowest BCUT2D eigenvalue weighted by atomic mass is 9.88. The van der Waals surface area contributed by atoms with E-state index >= 15 is 0 Å². The van der Waals surface area contributed by atoms with E-state index in [4.69, 9.17) is 16.3 Å². The first-order valence-corrected chi connectivity index (χ1v) is 5.43. The molecule has 0 aromatic rings. The molecule has 0 spiro atoms. The van der Waals surface area contributed by atoms with E-state index in [-0.39, 0.29) is 6.42 Å². The highest BCUT2D eigenvalue weighted by Crippen LogP contribution is 2.30. The molecule has 5 N–H and O–H groups in total. The highest BCUT2D eigenvalue weighted by molar-refractivity contribution is 5.73. The molecule has 5 atom stereocenters. The van der Waals surface area contributed by atoms with Crippen molar-refractivity contribution in [3.63, 3.8) is 0 Å². The maximum Gasteiger partial charge on any atom is 0.217 e. The van der Waals surface area contributed by atoms with Crippen molar-refractivity contribution < 1.29 is 30.0 Å². The van der Waals surface area contributed by atoms with Crippen LogP contribution in [0.5, 0.6) is 0 Å². The number of hydrogen-bond acceptors (Lipinski definition) is 6. The first kappa shape index (κ1) is 14.9. The van der Waals surface area contributed by atoms with E-state index in [1.807, 2.05) is 0 Å². The van der Waals surface area contributed by atoms with Crippen LogP contribution in [0.2, 0.25) is 0 Å². The standard InChI is InChI=1S/C11H17NO6/c1-3-4-11(17)10(12-6(2)14)9(16)8(15)7(5-13)18-11/h1,7-10,13,15-17H,4-5H2,2H3,(H,12,14)/t7-,8-,9+,10-,11-/m1/s1.